The van der Waals surface area contributed by atoms with E-state index in [0.29, 0.717) is 6.42 Å². The third kappa shape index (κ3) is 2.93. The molecule has 1 amide bonds. The van der Waals surface area contributed by atoms with Gasteiger partial charge in [0, 0.05) is 49.5 Å². The van der Waals surface area contributed by atoms with Crippen molar-refractivity contribution in [3.8, 4) is 0 Å². The van der Waals surface area contributed by atoms with Gasteiger partial charge in [0.25, 0.3) is 0 Å². The molecular formula is C21H28N2O3. The molecule has 2 atom stereocenters. The number of aryl methyl sites for hydroxylation is 1. The van der Waals surface area contributed by atoms with Gasteiger partial charge in [-0.2, -0.15) is 0 Å². The van der Waals surface area contributed by atoms with Gasteiger partial charge in [-0.1, -0.05) is 18.2 Å². The maximum Gasteiger partial charge on any atom is 0.226 e. The van der Waals surface area contributed by atoms with E-state index in [0.717, 1.165) is 50.3 Å². The minimum Gasteiger partial charge on any atom is -0.381 e. The van der Waals surface area contributed by atoms with Crippen molar-refractivity contribution >= 4 is 16.8 Å². The van der Waals surface area contributed by atoms with E-state index in [4.69, 9.17) is 9.47 Å². The molecule has 1 spiro atoms. The Kier molecular flexibility index (Phi) is 4.76. The quantitative estimate of drug-likeness (QED) is 0.896. The molecule has 2 heterocycles. The Hall–Kier alpha value is -1.85. The molecule has 140 valence electrons. The van der Waals surface area contributed by atoms with E-state index in [9.17, 15) is 4.79 Å². The summed E-state index contributed by atoms with van der Waals surface area (Å²) < 4.78 is 13.6. The Morgan fingerprint density at radius 1 is 1.35 bits per heavy atom. The van der Waals surface area contributed by atoms with Crippen LogP contribution in [0, 0.1) is 5.41 Å². The minimum absolute atomic E-state index is 0.0584. The minimum atomic E-state index is 0.0584. The fraction of sp³-hybridized carbons (Fsp3) is 0.571. The van der Waals surface area contributed by atoms with Crippen LogP contribution in [0.1, 0.15) is 31.9 Å². The molecule has 0 unspecified atom stereocenters. The molecule has 2 fully saturated rings. The van der Waals surface area contributed by atoms with Crippen LogP contribution in [0.25, 0.3) is 10.9 Å². The van der Waals surface area contributed by atoms with Crippen LogP contribution in [0.2, 0.25) is 0 Å². The summed E-state index contributed by atoms with van der Waals surface area (Å²) in [6, 6.07) is 10.6. The van der Waals surface area contributed by atoms with Crippen LogP contribution in [0.15, 0.2) is 30.3 Å². The van der Waals surface area contributed by atoms with Crippen LogP contribution in [0.5, 0.6) is 0 Å². The predicted molar refractivity (Wildman–Crippen MR) is 101 cm³/mol. The van der Waals surface area contributed by atoms with Gasteiger partial charge in [0.2, 0.25) is 5.91 Å². The molecule has 0 bridgehead atoms. The molecule has 1 saturated carbocycles. The molecule has 1 saturated heterocycles. The number of hydrogen-bond donors (Lipinski definition) is 1. The topological polar surface area (TPSA) is 52.5 Å². The van der Waals surface area contributed by atoms with Crippen LogP contribution >= 0.6 is 0 Å². The van der Waals surface area contributed by atoms with Gasteiger partial charge in [0.1, 0.15) is 0 Å². The molecule has 1 aromatic carbocycles. The summed E-state index contributed by atoms with van der Waals surface area (Å²) in [5, 5.41) is 4.48. The highest BCUT2D eigenvalue weighted by atomic mass is 16.5. The van der Waals surface area contributed by atoms with Crippen LogP contribution in [-0.2, 0) is 27.7 Å². The lowest BCUT2D eigenvalue weighted by molar-refractivity contribution is -0.175. The van der Waals surface area contributed by atoms with Crippen LogP contribution in [0.3, 0.4) is 0 Å². The average Bonchev–Trinajstić information content (AvgIpc) is 2.97. The lowest BCUT2D eigenvalue weighted by Gasteiger charge is -2.57. The number of aromatic nitrogens is 1. The highest BCUT2D eigenvalue weighted by Crippen LogP contribution is 2.50. The fourth-order valence-corrected chi connectivity index (χ4v) is 4.73. The number of carbonyl (C=O) groups excluding carboxylic acids is 1. The number of nitrogens with one attached hydrogen (secondary N) is 1. The summed E-state index contributed by atoms with van der Waals surface area (Å²) in [5.74, 6) is 0.0988. The molecule has 2 aliphatic rings. The third-order valence-corrected chi connectivity index (χ3v) is 6.30. The second kappa shape index (κ2) is 7.05. The van der Waals surface area contributed by atoms with Gasteiger partial charge in [-0.25, -0.2) is 0 Å². The van der Waals surface area contributed by atoms with Crippen molar-refractivity contribution in [3.05, 3.63) is 36.0 Å². The maximum absolute atomic E-state index is 12.7. The standard InChI is InChI=1S/C21H28N2O3/c1-3-26-19-14-18(21(19)8-10-25-11-9-21)22-20(24)13-16-12-15-6-4-5-7-17(15)23(16)2/h4-7,12,18-19H,3,8-11,13-14H2,1-2H3,(H,22,24)/t18-,19-/m1/s1. The Morgan fingerprint density at radius 3 is 2.85 bits per heavy atom. The van der Waals surface area contributed by atoms with Crippen molar-refractivity contribution in [1.29, 1.82) is 0 Å². The predicted octanol–water partition coefficient (Wildman–Crippen LogP) is 2.81. The second-order valence-electron chi connectivity index (χ2n) is 7.58. The zero-order valence-corrected chi connectivity index (χ0v) is 15.7. The van der Waals surface area contributed by atoms with Crippen molar-refractivity contribution in [3.63, 3.8) is 0 Å². The van der Waals surface area contributed by atoms with Crippen LogP contribution in [-0.4, -0.2) is 42.4 Å². The molecular weight excluding hydrogens is 328 g/mol. The van der Waals surface area contributed by atoms with Gasteiger partial charge in [-0.05, 0) is 43.7 Å². The smallest absolute Gasteiger partial charge is 0.226 e. The van der Waals surface area contributed by atoms with E-state index in [-0.39, 0.29) is 23.5 Å². The molecule has 0 radical (unpaired) electrons. The monoisotopic (exact) mass is 356 g/mol. The summed E-state index contributed by atoms with van der Waals surface area (Å²) in [5.41, 5.74) is 2.27. The number of fused-ring (bicyclic) bond motifs is 1. The zero-order valence-electron chi connectivity index (χ0n) is 15.7. The Morgan fingerprint density at radius 2 is 2.12 bits per heavy atom. The molecule has 2 aromatic rings. The van der Waals surface area contributed by atoms with Gasteiger partial charge in [-0.3, -0.25) is 4.79 Å². The molecule has 26 heavy (non-hydrogen) atoms. The maximum atomic E-state index is 12.7. The first-order valence-corrected chi connectivity index (χ1v) is 9.66. The Balaban J connectivity index is 1.45. The lowest BCUT2D eigenvalue weighted by Crippen LogP contribution is -2.66. The van der Waals surface area contributed by atoms with E-state index >= 15 is 0 Å². The summed E-state index contributed by atoms with van der Waals surface area (Å²) in [4.78, 5) is 12.7. The normalized spacial score (nSPS) is 24.5. The zero-order chi connectivity index (χ0) is 18.1. The summed E-state index contributed by atoms with van der Waals surface area (Å²) >= 11 is 0. The molecule has 4 rings (SSSR count). The number of hydrogen-bond acceptors (Lipinski definition) is 3. The molecule has 1 N–H and O–H groups in total. The molecule has 5 nitrogen and oxygen atoms in total. The van der Waals surface area contributed by atoms with Crippen molar-refractivity contribution in [2.45, 2.75) is 44.8 Å². The first kappa shape index (κ1) is 17.6. The van der Waals surface area contributed by atoms with Gasteiger partial charge < -0.3 is 19.4 Å². The van der Waals surface area contributed by atoms with E-state index in [1.165, 1.54) is 5.39 Å². The summed E-state index contributed by atoms with van der Waals surface area (Å²) in [6.45, 7) is 4.29. The molecule has 1 aromatic heterocycles. The fourth-order valence-electron chi connectivity index (χ4n) is 4.73. The van der Waals surface area contributed by atoms with Gasteiger partial charge in [0.05, 0.1) is 12.5 Å². The Bertz CT molecular complexity index is 792. The average molecular weight is 356 g/mol. The Labute approximate surface area is 154 Å². The summed E-state index contributed by atoms with van der Waals surface area (Å²) in [6.07, 6.45) is 3.51. The van der Waals surface area contributed by atoms with Crippen LogP contribution in [0.4, 0.5) is 0 Å². The molecule has 1 aliphatic carbocycles. The van der Waals surface area contributed by atoms with Gasteiger partial charge >= 0.3 is 0 Å². The van der Waals surface area contributed by atoms with Crippen molar-refractivity contribution < 1.29 is 14.3 Å². The van der Waals surface area contributed by atoms with Crippen molar-refractivity contribution in [2.24, 2.45) is 12.5 Å². The van der Waals surface area contributed by atoms with E-state index in [1.807, 2.05) is 26.1 Å². The van der Waals surface area contributed by atoms with Crippen molar-refractivity contribution in [2.75, 3.05) is 19.8 Å². The van der Waals surface area contributed by atoms with E-state index < -0.39 is 0 Å². The SMILES string of the molecule is CCO[C@@H]1C[C@@H](NC(=O)Cc2cc3ccccc3n2C)C12CCOCC2. The van der Waals surface area contributed by atoms with Crippen LogP contribution < -0.4 is 5.32 Å². The number of carbonyl (C=O) groups is 1. The number of nitrogens with zero attached hydrogens (tertiary/aromatic N) is 1. The number of amides is 1. The molecule has 5 heteroatoms. The number of benzene rings is 1. The number of rotatable bonds is 5. The second-order valence-corrected chi connectivity index (χ2v) is 7.58. The largest absolute Gasteiger partial charge is 0.381 e. The van der Waals surface area contributed by atoms with Crippen molar-refractivity contribution in [1.82, 2.24) is 9.88 Å². The molecule has 1 aliphatic heterocycles. The first-order valence-electron chi connectivity index (χ1n) is 9.66. The lowest BCUT2D eigenvalue weighted by atomic mass is 9.57. The highest BCUT2D eigenvalue weighted by Gasteiger charge is 2.56. The van der Waals surface area contributed by atoms with E-state index in [1.54, 1.807) is 0 Å². The summed E-state index contributed by atoms with van der Waals surface area (Å²) in [7, 11) is 2.03. The highest BCUT2D eigenvalue weighted by molar-refractivity contribution is 5.85. The van der Waals surface area contributed by atoms with Gasteiger partial charge in [0.15, 0.2) is 0 Å². The third-order valence-electron chi connectivity index (χ3n) is 6.30. The first-order chi connectivity index (χ1) is 12.6. The number of ether oxygens (including phenoxy) is 2. The van der Waals surface area contributed by atoms with Gasteiger partial charge in [-0.15, -0.1) is 0 Å². The van der Waals surface area contributed by atoms with E-state index in [2.05, 4.69) is 28.1 Å². The number of para-hydroxylation sites is 1.